The van der Waals surface area contributed by atoms with E-state index in [2.05, 4.69) is 20.0 Å². The molecule has 4 rings (SSSR count). The predicted octanol–water partition coefficient (Wildman–Crippen LogP) is 2.68. The largest absolute Gasteiger partial charge is 0.355 e. The van der Waals surface area contributed by atoms with Crippen molar-refractivity contribution in [2.45, 2.75) is 26.2 Å². The molecule has 20 heavy (non-hydrogen) atoms. The van der Waals surface area contributed by atoms with Crippen molar-refractivity contribution in [2.24, 2.45) is 11.8 Å². The molecule has 0 N–H and O–H groups in total. The summed E-state index contributed by atoms with van der Waals surface area (Å²) in [5.74, 6) is 3.91. The molecule has 2 aliphatic rings. The molecule has 1 aliphatic heterocycles. The lowest BCUT2D eigenvalue weighted by Gasteiger charge is -2.20. The second kappa shape index (κ2) is 4.58. The zero-order valence-electron chi connectivity index (χ0n) is 11.6. The highest BCUT2D eigenvalue weighted by Gasteiger charge is 2.37. The quantitative estimate of drug-likeness (QED) is 0.839. The number of rotatable bonds is 2. The number of pyridine rings is 1. The van der Waals surface area contributed by atoms with E-state index in [1.54, 1.807) is 0 Å². The molecule has 0 bridgehead atoms. The average molecular weight is 270 g/mol. The van der Waals surface area contributed by atoms with Gasteiger partial charge in [-0.05, 0) is 43.7 Å². The second-order valence-corrected chi connectivity index (χ2v) is 5.88. The molecule has 0 radical (unpaired) electrons. The van der Waals surface area contributed by atoms with Gasteiger partial charge in [-0.1, -0.05) is 11.6 Å². The van der Waals surface area contributed by atoms with Gasteiger partial charge < -0.3 is 9.42 Å². The summed E-state index contributed by atoms with van der Waals surface area (Å²) in [6.07, 6.45) is 5.96. The van der Waals surface area contributed by atoms with Gasteiger partial charge in [0, 0.05) is 19.3 Å². The third-order valence-corrected chi connectivity index (χ3v) is 4.57. The standard InChI is InChI=1S/C15H18N4O/c1-10-17-15(20-18-10)13-6-3-7-16-14(13)19-8-11-4-2-5-12(11)9-19/h3,6-7,11-12H,2,4-5,8-9H2,1H3/t11-,12-/m1/s1. The number of anilines is 1. The van der Waals surface area contributed by atoms with Crippen LogP contribution in [-0.4, -0.2) is 28.2 Å². The third-order valence-electron chi connectivity index (χ3n) is 4.57. The highest BCUT2D eigenvalue weighted by atomic mass is 16.5. The van der Waals surface area contributed by atoms with Crippen LogP contribution in [0.4, 0.5) is 5.82 Å². The molecule has 0 spiro atoms. The van der Waals surface area contributed by atoms with Crippen LogP contribution in [0.1, 0.15) is 25.1 Å². The third kappa shape index (κ3) is 1.88. The number of aryl methyl sites for hydroxylation is 1. The molecule has 104 valence electrons. The predicted molar refractivity (Wildman–Crippen MR) is 75.3 cm³/mol. The van der Waals surface area contributed by atoms with Crippen LogP contribution in [0.3, 0.4) is 0 Å². The molecule has 5 nitrogen and oxygen atoms in total. The van der Waals surface area contributed by atoms with Crippen LogP contribution in [0.25, 0.3) is 11.5 Å². The summed E-state index contributed by atoms with van der Waals surface area (Å²) in [7, 11) is 0. The fourth-order valence-electron chi connectivity index (χ4n) is 3.63. The fourth-order valence-corrected chi connectivity index (χ4v) is 3.63. The van der Waals surface area contributed by atoms with E-state index in [4.69, 9.17) is 4.52 Å². The van der Waals surface area contributed by atoms with Crippen LogP contribution in [0, 0.1) is 18.8 Å². The minimum absolute atomic E-state index is 0.572. The zero-order valence-corrected chi connectivity index (χ0v) is 11.6. The Morgan fingerprint density at radius 2 is 2.05 bits per heavy atom. The van der Waals surface area contributed by atoms with Crippen LogP contribution in [-0.2, 0) is 0 Å². The van der Waals surface area contributed by atoms with Gasteiger partial charge in [-0.2, -0.15) is 4.98 Å². The molecule has 2 aromatic rings. The lowest BCUT2D eigenvalue weighted by Crippen LogP contribution is -2.22. The Morgan fingerprint density at radius 1 is 1.25 bits per heavy atom. The summed E-state index contributed by atoms with van der Waals surface area (Å²) in [5, 5.41) is 3.89. The molecule has 0 unspecified atom stereocenters. The van der Waals surface area contributed by atoms with Crippen LogP contribution in [0.15, 0.2) is 22.9 Å². The van der Waals surface area contributed by atoms with Crippen LogP contribution < -0.4 is 4.90 Å². The normalized spacial score (nSPS) is 25.1. The summed E-state index contributed by atoms with van der Waals surface area (Å²) < 4.78 is 5.32. The number of aromatic nitrogens is 3. The van der Waals surface area contributed by atoms with E-state index in [0.717, 1.165) is 36.3 Å². The summed E-state index contributed by atoms with van der Waals surface area (Å²) in [5.41, 5.74) is 0.952. The van der Waals surface area contributed by atoms with E-state index in [1.807, 2.05) is 25.3 Å². The Kier molecular flexibility index (Phi) is 2.72. The number of fused-ring (bicyclic) bond motifs is 1. The Balaban J connectivity index is 1.69. The first-order valence-electron chi connectivity index (χ1n) is 7.32. The van der Waals surface area contributed by atoms with E-state index in [9.17, 15) is 0 Å². The Morgan fingerprint density at radius 3 is 2.75 bits per heavy atom. The van der Waals surface area contributed by atoms with E-state index < -0.39 is 0 Å². The second-order valence-electron chi connectivity index (χ2n) is 5.88. The summed E-state index contributed by atoms with van der Waals surface area (Å²) in [6.45, 7) is 4.06. The van der Waals surface area contributed by atoms with Gasteiger partial charge in [0.15, 0.2) is 5.82 Å². The zero-order chi connectivity index (χ0) is 13.5. The van der Waals surface area contributed by atoms with Gasteiger partial charge >= 0.3 is 0 Å². The van der Waals surface area contributed by atoms with Crippen molar-refractivity contribution in [3.63, 3.8) is 0 Å². The molecule has 5 heteroatoms. The molecule has 3 heterocycles. The molecule has 2 atom stereocenters. The fraction of sp³-hybridized carbons (Fsp3) is 0.533. The van der Waals surface area contributed by atoms with Crippen molar-refractivity contribution in [1.29, 1.82) is 0 Å². The van der Waals surface area contributed by atoms with Crippen molar-refractivity contribution in [3.8, 4) is 11.5 Å². The van der Waals surface area contributed by atoms with Crippen molar-refractivity contribution >= 4 is 5.82 Å². The summed E-state index contributed by atoms with van der Waals surface area (Å²) >= 11 is 0. The molecule has 0 amide bonds. The number of hydrogen-bond donors (Lipinski definition) is 0. The van der Waals surface area contributed by atoms with E-state index in [0.29, 0.717) is 11.7 Å². The molecule has 1 saturated carbocycles. The van der Waals surface area contributed by atoms with Crippen LogP contribution >= 0.6 is 0 Å². The molecule has 0 aromatic carbocycles. The minimum atomic E-state index is 0.572. The van der Waals surface area contributed by atoms with E-state index in [-0.39, 0.29) is 0 Å². The lowest BCUT2D eigenvalue weighted by molar-refractivity contribution is 0.425. The van der Waals surface area contributed by atoms with E-state index in [1.165, 1.54) is 19.3 Å². The average Bonchev–Trinajstić information content (AvgIpc) is 3.13. The minimum Gasteiger partial charge on any atom is -0.355 e. The van der Waals surface area contributed by atoms with Gasteiger partial charge in [-0.15, -0.1) is 0 Å². The highest BCUT2D eigenvalue weighted by Crippen LogP contribution is 2.41. The molecule has 1 saturated heterocycles. The maximum atomic E-state index is 5.32. The first-order valence-corrected chi connectivity index (χ1v) is 7.32. The van der Waals surface area contributed by atoms with Gasteiger partial charge in [0.1, 0.15) is 5.82 Å². The lowest BCUT2D eigenvalue weighted by atomic mass is 10.0. The SMILES string of the molecule is Cc1noc(-c2cccnc2N2C[C@H]3CCC[C@@H]3C2)n1. The molecular formula is C15H18N4O. The molecule has 1 aliphatic carbocycles. The van der Waals surface area contributed by atoms with Crippen molar-refractivity contribution in [3.05, 3.63) is 24.2 Å². The topological polar surface area (TPSA) is 55.1 Å². The molecule has 2 fully saturated rings. The van der Waals surface area contributed by atoms with Gasteiger partial charge in [-0.25, -0.2) is 4.98 Å². The molecular weight excluding hydrogens is 252 g/mol. The first-order chi connectivity index (χ1) is 9.81. The molecule has 2 aromatic heterocycles. The monoisotopic (exact) mass is 270 g/mol. The van der Waals surface area contributed by atoms with Gasteiger partial charge in [0.25, 0.3) is 5.89 Å². The van der Waals surface area contributed by atoms with Crippen molar-refractivity contribution in [1.82, 2.24) is 15.1 Å². The van der Waals surface area contributed by atoms with Crippen molar-refractivity contribution < 1.29 is 4.52 Å². The first kappa shape index (κ1) is 11.9. The maximum absolute atomic E-state index is 5.32. The Hall–Kier alpha value is -1.91. The smallest absolute Gasteiger partial charge is 0.261 e. The van der Waals surface area contributed by atoms with Crippen LogP contribution in [0.5, 0.6) is 0 Å². The van der Waals surface area contributed by atoms with Gasteiger partial charge in [0.2, 0.25) is 0 Å². The maximum Gasteiger partial charge on any atom is 0.261 e. The Labute approximate surface area is 118 Å². The van der Waals surface area contributed by atoms with Gasteiger partial charge in [-0.3, -0.25) is 0 Å². The Bertz CT molecular complexity index is 612. The summed E-state index contributed by atoms with van der Waals surface area (Å²) in [4.78, 5) is 11.3. The highest BCUT2D eigenvalue weighted by molar-refractivity contribution is 5.70. The number of hydrogen-bond acceptors (Lipinski definition) is 5. The van der Waals surface area contributed by atoms with E-state index >= 15 is 0 Å². The summed E-state index contributed by atoms with van der Waals surface area (Å²) in [6, 6.07) is 3.94. The number of nitrogens with zero attached hydrogens (tertiary/aromatic N) is 4. The van der Waals surface area contributed by atoms with Gasteiger partial charge in [0.05, 0.1) is 5.56 Å². The van der Waals surface area contributed by atoms with Crippen LogP contribution in [0.2, 0.25) is 0 Å². The van der Waals surface area contributed by atoms with Crippen molar-refractivity contribution in [2.75, 3.05) is 18.0 Å².